The molecular weight excluding hydrogens is 304 g/mol. The van der Waals surface area contributed by atoms with E-state index in [1.807, 2.05) is 6.92 Å². The molecule has 1 atom stereocenters. The first-order chi connectivity index (χ1) is 10.1. The Morgan fingerprint density at radius 2 is 1.77 bits per heavy atom. The van der Waals surface area contributed by atoms with E-state index in [9.17, 15) is 9.59 Å². The Labute approximate surface area is 134 Å². The molecule has 1 N–H and O–H groups in total. The summed E-state index contributed by atoms with van der Waals surface area (Å²) in [5.41, 5.74) is 0.751. The lowest BCUT2D eigenvalue weighted by atomic mass is 10.1. The number of aromatic nitrogens is 3. The van der Waals surface area contributed by atoms with Crippen molar-refractivity contribution in [1.29, 1.82) is 0 Å². The number of aliphatic hydroxyl groups is 1. The number of rotatable bonds is 4. The topological polar surface area (TPSA) is 88.3 Å². The van der Waals surface area contributed by atoms with Crippen LogP contribution in [0, 0.1) is 0 Å². The fraction of sp³-hybridized carbons (Fsp3) is 0.286. The highest BCUT2D eigenvalue weighted by atomic mass is 32.1. The van der Waals surface area contributed by atoms with E-state index in [0.29, 0.717) is 17.5 Å². The highest BCUT2D eigenvalue weighted by Gasteiger charge is 2.37. The molecule has 0 saturated carbocycles. The average Bonchev–Trinajstić information content (AvgIpc) is 3.05. The van der Waals surface area contributed by atoms with Crippen LogP contribution in [0.5, 0.6) is 0 Å². The molecule has 1 aliphatic heterocycles. The van der Waals surface area contributed by atoms with Crippen molar-refractivity contribution < 1.29 is 14.7 Å². The van der Waals surface area contributed by atoms with Gasteiger partial charge < -0.3 is 5.11 Å². The number of imide groups is 1. The Morgan fingerprint density at radius 1 is 1.18 bits per heavy atom. The van der Waals surface area contributed by atoms with Crippen molar-refractivity contribution in [1.82, 2.24) is 15.0 Å². The maximum absolute atomic E-state index is 12.3. The molecule has 7 nitrogen and oxygen atoms in total. The van der Waals surface area contributed by atoms with E-state index in [0.717, 1.165) is 4.90 Å². The minimum Gasteiger partial charge on any atom is -0.396 e. The summed E-state index contributed by atoms with van der Waals surface area (Å²) < 4.78 is 1.54. The number of nitrogens with zero attached hydrogens (tertiary/aromatic N) is 4. The molecular formula is C14H16N4O3S. The highest BCUT2D eigenvalue weighted by molar-refractivity contribution is 7.59. The van der Waals surface area contributed by atoms with Crippen LogP contribution >= 0.6 is 13.5 Å². The summed E-state index contributed by atoms with van der Waals surface area (Å²) in [6.07, 6.45) is 2.06. The first kappa shape index (κ1) is 16.2. The number of hydrogen-bond acceptors (Lipinski definition) is 5. The molecule has 1 aromatic heterocycles. The van der Waals surface area contributed by atoms with Crippen molar-refractivity contribution in [3.63, 3.8) is 0 Å². The summed E-state index contributed by atoms with van der Waals surface area (Å²) in [5, 5.41) is 16.8. The third kappa shape index (κ3) is 2.51. The smallest absolute Gasteiger partial charge is 0.267 e. The van der Waals surface area contributed by atoms with Gasteiger partial charge in [-0.25, -0.2) is 9.58 Å². The molecule has 2 amide bonds. The van der Waals surface area contributed by atoms with Gasteiger partial charge in [0.25, 0.3) is 11.8 Å². The number of anilines is 1. The molecule has 22 heavy (non-hydrogen) atoms. The molecule has 3 rings (SSSR count). The molecule has 1 aliphatic rings. The van der Waals surface area contributed by atoms with Gasteiger partial charge >= 0.3 is 0 Å². The van der Waals surface area contributed by atoms with Crippen LogP contribution in [-0.4, -0.2) is 38.5 Å². The monoisotopic (exact) mass is 320 g/mol. The summed E-state index contributed by atoms with van der Waals surface area (Å²) in [6.45, 7) is 1.90. The first-order valence-electron chi connectivity index (χ1n) is 6.64. The summed E-state index contributed by atoms with van der Waals surface area (Å²) in [6, 6.07) is 6.61. The number of amides is 2. The van der Waals surface area contributed by atoms with Crippen LogP contribution in [0.15, 0.2) is 30.5 Å². The molecule has 8 heteroatoms. The first-order valence-corrected chi connectivity index (χ1v) is 6.64. The molecule has 0 unspecified atom stereocenters. The maximum atomic E-state index is 12.3. The van der Waals surface area contributed by atoms with Crippen LogP contribution in [0.1, 0.15) is 40.1 Å². The molecule has 2 aromatic rings. The van der Waals surface area contributed by atoms with E-state index in [2.05, 4.69) is 10.3 Å². The second kappa shape index (κ2) is 6.29. The SMILES string of the molecule is C[C@@H](CCO)n1cc(N2C(=O)c3ccccc3C2=O)nn1.S. The van der Waals surface area contributed by atoms with Crippen LogP contribution < -0.4 is 4.90 Å². The molecule has 0 spiro atoms. The second-order valence-electron chi connectivity index (χ2n) is 4.91. The molecule has 0 bridgehead atoms. The van der Waals surface area contributed by atoms with Gasteiger partial charge in [0.05, 0.1) is 23.4 Å². The van der Waals surface area contributed by atoms with Crippen molar-refractivity contribution in [3.8, 4) is 0 Å². The van der Waals surface area contributed by atoms with Gasteiger partial charge in [-0.15, -0.1) is 5.10 Å². The van der Waals surface area contributed by atoms with Gasteiger partial charge in [0.1, 0.15) is 0 Å². The molecule has 1 aromatic carbocycles. The number of aliphatic hydroxyl groups excluding tert-OH is 1. The molecule has 0 fully saturated rings. The van der Waals surface area contributed by atoms with Gasteiger partial charge in [0.15, 0.2) is 5.82 Å². The molecule has 2 heterocycles. The van der Waals surface area contributed by atoms with Gasteiger partial charge in [-0.1, -0.05) is 17.3 Å². The number of fused-ring (bicyclic) bond motifs is 1. The van der Waals surface area contributed by atoms with Gasteiger partial charge in [0.2, 0.25) is 0 Å². The summed E-state index contributed by atoms with van der Waals surface area (Å²) in [5.74, 6) is -0.582. The quantitative estimate of drug-likeness (QED) is 0.853. The third-order valence-electron chi connectivity index (χ3n) is 3.52. The number of hydrogen-bond donors (Lipinski definition) is 1. The number of carbonyl (C=O) groups is 2. The molecule has 0 aliphatic carbocycles. The lowest BCUT2D eigenvalue weighted by Gasteiger charge is -2.10. The van der Waals surface area contributed by atoms with E-state index in [-0.39, 0.29) is 32.0 Å². The van der Waals surface area contributed by atoms with Crippen molar-refractivity contribution in [2.45, 2.75) is 19.4 Å². The van der Waals surface area contributed by atoms with E-state index in [1.54, 1.807) is 30.5 Å². The van der Waals surface area contributed by atoms with Crippen LogP contribution in [0.2, 0.25) is 0 Å². The van der Waals surface area contributed by atoms with Crippen LogP contribution in [0.3, 0.4) is 0 Å². The zero-order valence-corrected chi connectivity index (χ0v) is 12.9. The van der Waals surface area contributed by atoms with E-state index in [4.69, 9.17) is 5.11 Å². The Hall–Kier alpha value is -2.19. The molecule has 116 valence electrons. The minimum absolute atomic E-state index is 0. The van der Waals surface area contributed by atoms with Crippen molar-refractivity contribution in [3.05, 3.63) is 41.6 Å². The predicted molar refractivity (Wildman–Crippen MR) is 84.4 cm³/mol. The summed E-state index contributed by atoms with van der Waals surface area (Å²) in [7, 11) is 0. The van der Waals surface area contributed by atoms with Crippen LogP contribution in [0.25, 0.3) is 0 Å². The van der Waals surface area contributed by atoms with Gasteiger partial charge in [-0.3, -0.25) is 9.59 Å². The fourth-order valence-electron chi connectivity index (χ4n) is 2.30. The third-order valence-corrected chi connectivity index (χ3v) is 3.52. The normalized spacial score (nSPS) is 14.7. The summed E-state index contributed by atoms with van der Waals surface area (Å²) >= 11 is 0. The standard InChI is InChI=1S/C14H14N4O3.H2S/c1-9(6-7-19)17-8-12(15-16-17)18-13(20)10-4-2-3-5-11(10)14(18)21;/h2-5,8-9,19H,6-7H2,1H3;1H2/t9-;/m0./s1. The highest BCUT2D eigenvalue weighted by Crippen LogP contribution is 2.27. The number of carbonyl (C=O) groups excluding carboxylic acids is 2. The van der Waals surface area contributed by atoms with E-state index in [1.165, 1.54) is 4.68 Å². The zero-order valence-electron chi connectivity index (χ0n) is 11.9. The van der Waals surface area contributed by atoms with Crippen molar-refractivity contribution in [2.75, 3.05) is 11.5 Å². The van der Waals surface area contributed by atoms with Crippen LogP contribution in [-0.2, 0) is 0 Å². The van der Waals surface area contributed by atoms with E-state index < -0.39 is 11.8 Å². The Morgan fingerprint density at radius 3 is 2.32 bits per heavy atom. The number of benzene rings is 1. The largest absolute Gasteiger partial charge is 0.396 e. The lowest BCUT2D eigenvalue weighted by molar-refractivity contribution is 0.0925. The molecule has 0 radical (unpaired) electrons. The van der Waals surface area contributed by atoms with Crippen molar-refractivity contribution in [2.24, 2.45) is 0 Å². The van der Waals surface area contributed by atoms with Gasteiger partial charge in [0, 0.05) is 6.61 Å². The Kier molecular flexibility index (Phi) is 4.62. The summed E-state index contributed by atoms with van der Waals surface area (Å²) in [4.78, 5) is 25.6. The van der Waals surface area contributed by atoms with Crippen molar-refractivity contribution >= 4 is 31.1 Å². The Balaban J connectivity index is 0.00000176. The van der Waals surface area contributed by atoms with Gasteiger partial charge in [-0.05, 0) is 25.5 Å². The van der Waals surface area contributed by atoms with E-state index >= 15 is 0 Å². The lowest BCUT2D eigenvalue weighted by Crippen LogP contribution is -2.29. The maximum Gasteiger partial charge on any atom is 0.267 e. The minimum atomic E-state index is -0.391. The van der Waals surface area contributed by atoms with Gasteiger partial charge in [-0.2, -0.15) is 13.5 Å². The average molecular weight is 320 g/mol. The zero-order chi connectivity index (χ0) is 15.0. The Bertz CT molecular complexity index is 681. The molecule has 0 saturated heterocycles. The second-order valence-corrected chi connectivity index (χ2v) is 4.91. The fourth-order valence-corrected chi connectivity index (χ4v) is 2.30. The van der Waals surface area contributed by atoms with Crippen LogP contribution in [0.4, 0.5) is 5.82 Å². The predicted octanol–water partition coefficient (Wildman–Crippen LogP) is 1.13.